The van der Waals surface area contributed by atoms with E-state index in [1.807, 2.05) is 62.4 Å². The molecule has 19 heavy (non-hydrogen) atoms. The summed E-state index contributed by atoms with van der Waals surface area (Å²) in [5.41, 5.74) is 4.04. The molecule has 0 atom stereocenters. The van der Waals surface area contributed by atoms with Crippen LogP contribution in [0.3, 0.4) is 0 Å². The molecular formula is C18H19N. The molecule has 0 unspecified atom stereocenters. The highest BCUT2D eigenvalue weighted by molar-refractivity contribution is 5.76. The maximum absolute atomic E-state index is 9.17. The second-order valence-corrected chi connectivity index (χ2v) is 4.38. The second kappa shape index (κ2) is 7.89. The van der Waals surface area contributed by atoms with E-state index in [1.165, 1.54) is 5.56 Å². The normalized spacial score (nSPS) is 12.5. The zero-order valence-corrected chi connectivity index (χ0v) is 11.6. The van der Waals surface area contributed by atoms with Crippen molar-refractivity contribution in [1.29, 1.82) is 5.26 Å². The molecule has 0 heterocycles. The van der Waals surface area contributed by atoms with Crippen LogP contribution in [-0.4, -0.2) is 0 Å². The molecule has 0 bridgehead atoms. The lowest BCUT2D eigenvalue weighted by Gasteiger charge is -1.99. The van der Waals surface area contributed by atoms with E-state index < -0.39 is 0 Å². The minimum Gasteiger partial charge on any atom is -0.192 e. The molecule has 0 N–H and O–H groups in total. The Labute approximate surface area is 115 Å². The minimum absolute atomic E-state index is 0.718. The molecule has 0 saturated carbocycles. The molecule has 1 rings (SSSR count). The first-order valence-electron chi connectivity index (χ1n) is 6.30. The van der Waals surface area contributed by atoms with Gasteiger partial charge in [0.05, 0.1) is 11.6 Å². The predicted molar refractivity (Wildman–Crippen MR) is 82.5 cm³/mol. The Morgan fingerprint density at radius 1 is 1.32 bits per heavy atom. The topological polar surface area (TPSA) is 23.8 Å². The molecule has 0 aliphatic carbocycles. The van der Waals surface area contributed by atoms with Gasteiger partial charge in [-0.3, -0.25) is 0 Å². The molecule has 0 aromatic heterocycles. The Hall–Kier alpha value is -2.33. The number of nitrogens with zero attached hydrogens (tertiary/aromatic N) is 1. The first-order chi connectivity index (χ1) is 9.17. The van der Waals surface area contributed by atoms with Crippen LogP contribution in [0.4, 0.5) is 0 Å². The molecule has 1 aromatic carbocycles. The largest absolute Gasteiger partial charge is 0.192 e. The second-order valence-electron chi connectivity index (χ2n) is 4.38. The number of hydrogen-bond donors (Lipinski definition) is 0. The molecular weight excluding hydrogens is 230 g/mol. The average molecular weight is 249 g/mol. The maximum Gasteiger partial charge on any atom is 0.0994 e. The van der Waals surface area contributed by atoms with Gasteiger partial charge in [0, 0.05) is 0 Å². The van der Waals surface area contributed by atoms with Gasteiger partial charge < -0.3 is 0 Å². The Kier molecular flexibility index (Phi) is 6.12. The fourth-order valence-electron chi connectivity index (χ4n) is 1.64. The van der Waals surface area contributed by atoms with Crippen LogP contribution in [0.5, 0.6) is 0 Å². The first-order valence-corrected chi connectivity index (χ1v) is 6.30. The van der Waals surface area contributed by atoms with E-state index in [1.54, 1.807) is 6.08 Å². The van der Waals surface area contributed by atoms with E-state index in [2.05, 4.69) is 12.6 Å². The van der Waals surface area contributed by atoms with E-state index in [4.69, 9.17) is 0 Å². The van der Waals surface area contributed by atoms with Crippen LogP contribution in [0.2, 0.25) is 0 Å². The van der Waals surface area contributed by atoms with Crippen LogP contribution >= 0.6 is 0 Å². The highest BCUT2D eigenvalue weighted by Gasteiger charge is 1.98. The molecule has 1 heteroatoms. The molecule has 0 saturated heterocycles. The van der Waals surface area contributed by atoms with E-state index in [0.29, 0.717) is 0 Å². The van der Waals surface area contributed by atoms with Gasteiger partial charge in [0.15, 0.2) is 0 Å². The lowest BCUT2D eigenvalue weighted by atomic mass is 10.0. The summed E-state index contributed by atoms with van der Waals surface area (Å²) < 4.78 is 0. The lowest BCUT2D eigenvalue weighted by Crippen LogP contribution is -1.81. The van der Waals surface area contributed by atoms with E-state index in [-0.39, 0.29) is 0 Å². The lowest BCUT2D eigenvalue weighted by molar-refractivity contribution is 1.36. The predicted octanol–water partition coefficient (Wildman–Crippen LogP) is 4.98. The number of nitriles is 1. The van der Waals surface area contributed by atoms with Crippen molar-refractivity contribution in [3.63, 3.8) is 0 Å². The fourth-order valence-corrected chi connectivity index (χ4v) is 1.64. The van der Waals surface area contributed by atoms with Crippen molar-refractivity contribution < 1.29 is 0 Å². The van der Waals surface area contributed by atoms with Gasteiger partial charge in [-0.2, -0.15) is 5.26 Å². The number of allylic oxidation sites excluding steroid dienone is 7. The molecule has 96 valence electrons. The number of rotatable bonds is 5. The van der Waals surface area contributed by atoms with Crippen molar-refractivity contribution in [2.24, 2.45) is 0 Å². The van der Waals surface area contributed by atoms with Crippen molar-refractivity contribution >= 4 is 5.57 Å². The highest BCUT2D eigenvalue weighted by Crippen LogP contribution is 2.15. The van der Waals surface area contributed by atoms with Gasteiger partial charge in [0.25, 0.3) is 0 Å². The Bertz CT molecular complexity index is 548. The van der Waals surface area contributed by atoms with Gasteiger partial charge in [-0.1, -0.05) is 72.4 Å². The molecule has 0 amide bonds. The van der Waals surface area contributed by atoms with Crippen LogP contribution < -0.4 is 0 Å². The highest BCUT2D eigenvalue weighted by atomic mass is 14.2. The van der Waals surface area contributed by atoms with E-state index >= 15 is 0 Å². The standard InChI is InChI=1S/C18H19N/c1-4-7-15(2)8-5-6-9-18(14-19)17-12-10-16(3)11-13-17/h4-5,7-13H,1,6H2,2-3H3/b8-5-,15-7-,18-9+. The van der Waals surface area contributed by atoms with E-state index in [0.717, 1.165) is 23.1 Å². The molecule has 0 spiro atoms. The molecule has 0 radical (unpaired) electrons. The van der Waals surface area contributed by atoms with Crippen molar-refractivity contribution in [3.8, 4) is 6.07 Å². The zero-order chi connectivity index (χ0) is 14.1. The zero-order valence-electron chi connectivity index (χ0n) is 11.6. The van der Waals surface area contributed by atoms with Gasteiger partial charge in [0.2, 0.25) is 0 Å². The first kappa shape index (κ1) is 14.7. The SMILES string of the molecule is C=C/C=C(C)\C=C/C/C=C(\C#N)c1ccc(C)cc1. The van der Waals surface area contributed by atoms with Gasteiger partial charge in [-0.05, 0) is 25.8 Å². The molecule has 1 aromatic rings. The third kappa shape index (κ3) is 5.23. The van der Waals surface area contributed by atoms with Gasteiger partial charge in [-0.25, -0.2) is 0 Å². The molecule has 1 nitrogen and oxygen atoms in total. The summed E-state index contributed by atoms with van der Waals surface area (Å²) in [5, 5.41) is 9.17. The third-order valence-electron chi connectivity index (χ3n) is 2.70. The minimum atomic E-state index is 0.718. The summed E-state index contributed by atoms with van der Waals surface area (Å²) in [5.74, 6) is 0. The third-order valence-corrected chi connectivity index (χ3v) is 2.70. The van der Waals surface area contributed by atoms with Crippen molar-refractivity contribution in [3.05, 3.63) is 77.9 Å². The number of benzene rings is 1. The maximum atomic E-state index is 9.17. The summed E-state index contributed by atoms with van der Waals surface area (Å²) in [4.78, 5) is 0. The molecule has 0 aliphatic heterocycles. The Morgan fingerprint density at radius 2 is 2.00 bits per heavy atom. The van der Waals surface area contributed by atoms with Crippen LogP contribution in [0, 0.1) is 18.3 Å². The van der Waals surface area contributed by atoms with Gasteiger partial charge in [-0.15, -0.1) is 0 Å². The van der Waals surface area contributed by atoms with Crippen molar-refractivity contribution in [2.45, 2.75) is 20.3 Å². The average Bonchev–Trinajstić information content (AvgIpc) is 2.41. The smallest absolute Gasteiger partial charge is 0.0994 e. The quantitative estimate of drug-likeness (QED) is 0.533. The monoisotopic (exact) mass is 249 g/mol. The van der Waals surface area contributed by atoms with Crippen LogP contribution in [-0.2, 0) is 0 Å². The summed E-state index contributed by atoms with van der Waals surface area (Å²) in [7, 11) is 0. The summed E-state index contributed by atoms with van der Waals surface area (Å²) in [6.07, 6.45) is 10.5. The summed E-state index contributed by atoms with van der Waals surface area (Å²) in [6.45, 7) is 7.71. The van der Waals surface area contributed by atoms with Crippen LogP contribution in [0.25, 0.3) is 5.57 Å². The number of hydrogen-bond acceptors (Lipinski definition) is 1. The van der Waals surface area contributed by atoms with Crippen LogP contribution in [0.1, 0.15) is 24.5 Å². The van der Waals surface area contributed by atoms with Crippen LogP contribution in [0.15, 0.2) is 66.8 Å². The Morgan fingerprint density at radius 3 is 2.58 bits per heavy atom. The summed E-state index contributed by atoms with van der Waals surface area (Å²) in [6, 6.07) is 10.3. The molecule has 0 aliphatic rings. The van der Waals surface area contributed by atoms with Crippen molar-refractivity contribution in [1.82, 2.24) is 0 Å². The fraction of sp³-hybridized carbons (Fsp3) is 0.167. The van der Waals surface area contributed by atoms with Gasteiger partial charge in [0.1, 0.15) is 0 Å². The number of aryl methyl sites for hydroxylation is 1. The molecule has 0 fully saturated rings. The summed E-state index contributed by atoms with van der Waals surface area (Å²) >= 11 is 0. The Balaban J connectivity index is 2.74. The van der Waals surface area contributed by atoms with Crippen molar-refractivity contribution in [2.75, 3.05) is 0 Å². The van der Waals surface area contributed by atoms with Gasteiger partial charge >= 0.3 is 0 Å². The van der Waals surface area contributed by atoms with E-state index in [9.17, 15) is 5.26 Å².